The van der Waals surface area contributed by atoms with Gasteiger partial charge in [0.15, 0.2) is 52.1 Å². The maximum atomic E-state index is 12.1. The van der Waals surface area contributed by atoms with E-state index in [1.165, 1.54) is 62.7 Å². The van der Waals surface area contributed by atoms with Crippen molar-refractivity contribution in [3.8, 4) is 0 Å². The lowest BCUT2D eigenvalue weighted by atomic mass is 9.90. The third-order valence-corrected chi connectivity index (χ3v) is 17.3. The Kier molecular flexibility index (Phi) is 40.0. The van der Waals surface area contributed by atoms with E-state index in [0.717, 1.165) is 47.6 Å². The lowest BCUT2D eigenvalue weighted by Gasteiger charge is -2.41. The Balaban J connectivity index is 0.000000358. The number of ether oxygens (including phenoxy) is 12. The minimum atomic E-state index is -0.937. The van der Waals surface area contributed by atoms with E-state index in [9.17, 15) is 105 Å². The minimum Gasteiger partial charge on any atom is -0.462 e. The van der Waals surface area contributed by atoms with E-state index in [2.05, 4.69) is 58.4 Å². The third kappa shape index (κ3) is 30.1. The summed E-state index contributed by atoms with van der Waals surface area (Å²) in [5.74, 6) is -12.5. The Hall–Kier alpha value is -12.1. The minimum absolute atomic E-state index is 0.154. The van der Waals surface area contributed by atoms with Crippen LogP contribution in [0.5, 0.6) is 0 Å². The largest absolute Gasteiger partial charge is 0.462 e. The van der Waals surface area contributed by atoms with Gasteiger partial charge < -0.3 is 56.8 Å². The number of carbonyl (C=O) groups excluding carboxylic acids is 22. The highest BCUT2D eigenvalue weighted by Crippen LogP contribution is 2.43. The third-order valence-electron chi connectivity index (χ3n) is 17.3. The molecule has 8 rings (SSSR count). The fraction of sp³-hybridized carbons (Fsp3) is 0.547. The Morgan fingerprint density at radius 1 is 0.330 bits per heavy atom. The van der Waals surface area contributed by atoms with Crippen LogP contribution in [0.4, 0.5) is 0 Å². The standard InChI is InChI=1S/C14H17NO6.C14H19NO6.C13H15NO6.C13H17NO6.C11H15NO5.C10H13NO5/c1-7(2)14(19)20-6-12(17)15-11-5-9(21-8(3)16)4-10(11)13(15)18;1-9(2)14(19)20-8-12(18)15-11(17)6-4-5-7-13(15)21-10(3)16;1-3-12(17)19-6-11(16)14-10-5-8(20-7(2)15)4-9(10)13(14)18;1-3-13(18)19-8-11(17)14-10(16)6-4-5-7-12(14)20-9(2)15;1-7(2)11(15)17-6-9(14)12-8(13)4-5-10(12)16-3;1-3-10(14)16-6-8(13)11-7(12)4-5-9(11)15-2/h9-11H,1,4-6H2,2-3H3;13H,1,4-8H2,2-3H3;3,8-10H,1,4-6H2,2H3;3,12H,1,4-8H2,2H3;10H,1,4-6H2,2-3H3;3,9H,1,4-6H2,2H3. The molecular formula is C75H96N6O34. The molecule has 2 saturated carbocycles. The molecule has 8 fully saturated rings. The number of nitrogens with zero attached hydrogens (tertiary/aromatic N) is 6. The molecule has 10 atom stereocenters. The van der Waals surface area contributed by atoms with Gasteiger partial charge in [0.2, 0.25) is 35.4 Å². The molecule has 40 heteroatoms. The van der Waals surface area contributed by atoms with Crippen molar-refractivity contribution in [1.82, 2.24) is 29.4 Å². The number of hydrogen-bond acceptors (Lipinski definition) is 34. The number of likely N-dealkylation sites (tertiary alicyclic amines) is 6. The Labute approximate surface area is 660 Å². The van der Waals surface area contributed by atoms with Crippen molar-refractivity contribution in [2.45, 2.75) is 200 Å². The molecule has 6 heterocycles. The summed E-state index contributed by atoms with van der Waals surface area (Å²) in [5.41, 5.74) is 0.543. The topological polar surface area (TPSA) is 506 Å². The summed E-state index contributed by atoms with van der Waals surface area (Å²) in [5, 5.41) is 0. The van der Waals surface area contributed by atoms with Gasteiger partial charge in [0.1, 0.15) is 24.7 Å². The molecule has 0 N–H and O–H groups in total. The summed E-state index contributed by atoms with van der Waals surface area (Å²) in [4.78, 5) is 257. The second-order valence-corrected chi connectivity index (χ2v) is 26.2. The van der Waals surface area contributed by atoms with E-state index in [4.69, 9.17) is 37.9 Å². The number of methoxy groups -OCH3 is 2. The van der Waals surface area contributed by atoms with Gasteiger partial charge in [0, 0.05) is 141 Å². The summed E-state index contributed by atoms with van der Waals surface area (Å²) < 4.78 is 58.0. The first-order valence-electron chi connectivity index (χ1n) is 35.8. The molecule has 0 aromatic rings. The van der Waals surface area contributed by atoms with E-state index in [-0.39, 0.29) is 102 Å². The number of amides is 12. The first kappa shape index (κ1) is 97.1. The van der Waals surface area contributed by atoms with Gasteiger partial charge in [-0.05, 0) is 59.3 Å². The smallest absolute Gasteiger partial charge is 0.333 e. The van der Waals surface area contributed by atoms with Crippen LogP contribution >= 0.6 is 0 Å². The molecule has 2 aliphatic carbocycles. The molecule has 0 radical (unpaired) electrons. The van der Waals surface area contributed by atoms with Crippen molar-refractivity contribution in [3.05, 3.63) is 74.4 Å². The SMILES string of the molecule is C=C(C)C(=O)OCC(=O)N1C(=O)C2CC(OC(C)=O)CC21.C=C(C)C(=O)OCC(=O)N1C(=O)CCC1OC.C=C(C)C(=O)OCC(=O)N1C(=O)CCCCC1OC(C)=O.C=CC(=O)OCC(=O)N1C(=O)C2CC(OC(C)=O)CC21.C=CC(=O)OCC(=O)N1C(=O)CCC1OC.C=CC(=O)OCC(=O)N1C(=O)CCCCC1OC(C)=O. The first-order chi connectivity index (χ1) is 54.1. The highest BCUT2D eigenvalue weighted by molar-refractivity contribution is 6.05. The van der Waals surface area contributed by atoms with Crippen molar-refractivity contribution in [1.29, 1.82) is 0 Å². The number of hydrogen-bond donors (Lipinski definition) is 0. The first-order valence-corrected chi connectivity index (χ1v) is 35.8. The van der Waals surface area contributed by atoms with Crippen molar-refractivity contribution in [2.24, 2.45) is 11.8 Å². The monoisotopic (exact) mass is 1620 g/mol. The average molecular weight is 1630 g/mol. The van der Waals surface area contributed by atoms with E-state index < -0.39 is 172 Å². The van der Waals surface area contributed by atoms with Gasteiger partial charge >= 0.3 is 59.7 Å². The zero-order valence-corrected chi connectivity index (χ0v) is 65.4. The molecule has 0 spiro atoms. The van der Waals surface area contributed by atoms with Gasteiger partial charge in [-0.15, -0.1) is 0 Å². The number of esters is 10. The maximum Gasteiger partial charge on any atom is 0.333 e. The highest BCUT2D eigenvalue weighted by Gasteiger charge is 2.58. The van der Waals surface area contributed by atoms with Crippen LogP contribution in [0.25, 0.3) is 0 Å². The van der Waals surface area contributed by atoms with E-state index >= 15 is 0 Å². The van der Waals surface area contributed by atoms with Crippen LogP contribution in [-0.2, 0) is 162 Å². The lowest BCUT2D eigenvalue weighted by molar-refractivity contribution is -0.174. The van der Waals surface area contributed by atoms with Crippen molar-refractivity contribution in [3.63, 3.8) is 0 Å². The fourth-order valence-electron chi connectivity index (χ4n) is 12.2. The molecule has 40 nitrogen and oxygen atoms in total. The van der Waals surface area contributed by atoms with E-state index in [1.54, 1.807) is 0 Å². The molecule has 0 bridgehead atoms. The van der Waals surface area contributed by atoms with Gasteiger partial charge in [0.05, 0.1) is 23.9 Å². The quantitative estimate of drug-likeness (QED) is 0.0572. The normalized spacial score (nSPS) is 21.9. The van der Waals surface area contributed by atoms with Crippen LogP contribution in [0.2, 0.25) is 0 Å². The molecular weight excluding hydrogens is 1530 g/mol. The predicted octanol–water partition coefficient (Wildman–Crippen LogP) is 1.50. The second-order valence-electron chi connectivity index (χ2n) is 26.2. The van der Waals surface area contributed by atoms with Crippen LogP contribution < -0.4 is 0 Å². The van der Waals surface area contributed by atoms with Crippen LogP contribution in [0.1, 0.15) is 151 Å². The van der Waals surface area contributed by atoms with Crippen LogP contribution in [-0.4, -0.2) is 263 Å². The average Bonchev–Trinajstić information content (AvgIpc) is 1.58. The number of fused-ring (bicyclic) bond motifs is 2. The number of β-lactam (4-membered cyclic amide) rings is 2. The zero-order chi connectivity index (χ0) is 86.8. The summed E-state index contributed by atoms with van der Waals surface area (Å²) in [6.45, 7) is 26.1. The maximum absolute atomic E-state index is 12.1. The number of rotatable bonds is 24. The molecule has 115 heavy (non-hydrogen) atoms. The van der Waals surface area contributed by atoms with Gasteiger partial charge in [-0.3, -0.25) is 96.3 Å². The molecule has 12 amide bonds. The van der Waals surface area contributed by atoms with Gasteiger partial charge in [-0.25, -0.2) is 38.6 Å². The molecule has 630 valence electrons. The second kappa shape index (κ2) is 47.4. The van der Waals surface area contributed by atoms with Gasteiger partial charge in [-0.1, -0.05) is 39.5 Å². The van der Waals surface area contributed by atoms with Crippen molar-refractivity contribution in [2.75, 3.05) is 53.9 Å². The Morgan fingerprint density at radius 2 is 0.583 bits per heavy atom. The Morgan fingerprint density at radius 3 is 0.835 bits per heavy atom. The summed E-state index contributed by atoms with van der Waals surface area (Å²) in [6.07, 6.45) is 6.11. The Bertz CT molecular complexity index is 3840. The predicted molar refractivity (Wildman–Crippen MR) is 384 cm³/mol. The summed E-state index contributed by atoms with van der Waals surface area (Å²) >= 11 is 0. The lowest BCUT2D eigenvalue weighted by Crippen LogP contribution is -2.61. The number of imide groups is 6. The van der Waals surface area contributed by atoms with Crippen molar-refractivity contribution >= 4 is 131 Å². The van der Waals surface area contributed by atoms with Crippen molar-refractivity contribution < 1.29 is 162 Å². The van der Waals surface area contributed by atoms with Crippen LogP contribution in [0.15, 0.2) is 74.4 Å². The molecule has 0 aromatic heterocycles. The van der Waals surface area contributed by atoms with Crippen LogP contribution in [0, 0.1) is 11.8 Å². The van der Waals surface area contributed by atoms with Gasteiger partial charge in [-0.2, -0.15) is 0 Å². The van der Waals surface area contributed by atoms with E-state index in [0.29, 0.717) is 77.0 Å². The molecule has 10 unspecified atom stereocenters. The zero-order valence-electron chi connectivity index (χ0n) is 65.4. The molecule has 0 aromatic carbocycles. The highest BCUT2D eigenvalue weighted by atomic mass is 16.6. The molecule has 6 saturated heterocycles. The summed E-state index contributed by atoms with van der Waals surface area (Å²) in [7, 11) is 2.84. The van der Waals surface area contributed by atoms with E-state index in [1.807, 2.05) is 0 Å². The van der Waals surface area contributed by atoms with Gasteiger partial charge in [0.25, 0.3) is 35.4 Å². The molecule has 8 aliphatic rings. The van der Waals surface area contributed by atoms with Crippen LogP contribution in [0.3, 0.4) is 0 Å². The molecule has 6 aliphatic heterocycles. The number of carbonyl (C=O) groups is 22. The summed E-state index contributed by atoms with van der Waals surface area (Å²) in [6, 6.07) is -0.528. The fourth-order valence-corrected chi connectivity index (χ4v) is 12.2.